The molecule has 2 N–H and O–H groups in total. The second kappa shape index (κ2) is 5.85. The maximum atomic E-state index is 5.78. The lowest BCUT2D eigenvalue weighted by molar-refractivity contribution is 0.583. The van der Waals surface area contributed by atoms with Gasteiger partial charge >= 0.3 is 0 Å². The fourth-order valence-corrected chi connectivity index (χ4v) is 1.46. The molecule has 0 unspecified atom stereocenters. The Morgan fingerprint density at radius 1 is 1.31 bits per heavy atom. The minimum atomic E-state index is 0.0579. The predicted octanol–water partition coefficient (Wildman–Crippen LogP) is 2.58. The molecule has 0 spiro atoms. The molecule has 90 valence electrons. The second-order valence-electron chi connectivity index (χ2n) is 4.84. The lowest BCUT2D eigenvalue weighted by atomic mass is 10.1. The van der Waals surface area contributed by atoms with E-state index in [0.29, 0.717) is 0 Å². The molecule has 0 aliphatic rings. The molecule has 1 aromatic rings. The van der Waals surface area contributed by atoms with Crippen molar-refractivity contribution >= 4 is 5.82 Å². The molecule has 16 heavy (non-hydrogen) atoms. The molecule has 1 aromatic heterocycles. The fourth-order valence-electron chi connectivity index (χ4n) is 1.46. The smallest absolute Gasteiger partial charge is 0.128 e. The minimum absolute atomic E-state index is 0.0579. The van der Waals surface area contributed by atoms with Gasteiger partial charge in [-0.05, 0) is 30.9 Å². The Balaban J connectivity index is 2.59. The van der Waals surface area contributed by atoms with Crippen LogP contribution in [-0.4, -0.2) is 18.6 Å². The zero-order chi connectivity index (χ0) is 12.1. The number of aromatic nitrogens is 1. The average Bonchev–Trinajstić information content (AvgIpc) is 2.26. The van der Waals surface area contributed by atoms with E-state index in [0.717, 1.165) is 23.8 Å². The first kappa shape index (κ1) is 13.0. The first-order valence-corrected chi connectivity index (χ1v) is 5.93. The monoisotopic (exact) mass is 221 g/mol. The number of hydrogen-bond acceptors (Lipinski definition) is 3. The molecule has 1 atom stereocenters. The summed E-state index contributed by atoms with van der Waals surface area (Å²) in [5, 5.41) is 0. The molecule has 0 aromatic carbocycles. The van der Waals surface area contributed by atoms with Gasteiger partial charge in [0.2, 0.25) is 0 Å². The van der Waals surface area contributed by atoms with Crippen molar-refractivity contribution in [2.24, 2.45) is 11.7 Å². The molecule has 0 bridgehead atoms. The fraction of sp³-hybridized carbons (Fsp3) is 0.615. The van der Waals surface area contributed by atoms with Crippen LogP contribution in [0, 0.1) is 5.92 Å². The van der Waals surface area contributed by atoms with Crippen molar-refractivity contribution < 1.29 is 0 Å². The Labute approximate surface area is 98.7 Å². The van der Waals surface area contributed by atoms with E-state index in [1.807, 2.05) is 19.2 Å². The molecule has 3 nitrogen and oxygen atoms in total. The van der Waals surface area contributed by atoms with E-state index in [4.69, 9.17) is 5.73 Å². The van der Waals surface area contributed by atoms with E-state index in [1.165, 1.54) is 6.42 Å². The lowest BCUT2D eigenvalue weighted by Crippen LogP contribution is -2.21. The normalized spacial score (nSPS) is 12.9. The molecule has 0 saturated heterocycles. The summed E-state index contributed by atoms with van der Waals surface area (Å²) in [5.41, 5.74) is 6.87. The maximum absolute atomic E-state index is 5.78. The lowest BCUT2D eigenvalue weighted by Gasteiger charge is -2.19. The van der Waals surface area contributed by atoms with Crippen LogP contribution in [-0.2, 0) is 0 Å². The zero-order valence-electron chi connectivity index (χ0n) is 10.8. The van der Waals surface area contributed by atoms with Gasteiger partial charge in [0, 0.05) is 25.8 Å². The first-order chi connectivity index (χ1) is 7.50. The highest BCUT2D eigenvalue weighted by atomic mass is 15.2. The molecule has 0 aliphatic carbocycles. The summed E-state index contributed by atoms with van der Waals surface area (Å²) < 4.78 is 0. The van der Waals surface area contributed by atoms with Crippen LogP contribution in [0.1, 0.15) is 38.8 Å². The SMILES string of the molecule is CC(C)CCN(C)c1ccc([C@@H](C)N)cn1. The molecule has 1 rings (SSSR count). The largest absolute Gasteiger partial charge is 0.360 e. The number of anilines is 1. The van der Waals surface area contributed by atoms with Gasteiger partial charge in [0.15, 0.2) is 0 Å². The quantitative estimate of drug-likeness (QED) is 0.831. The molecule has 0 fully saturated rings. The van der Waals surface area contributed by atoms with E-state index < -0.39 is 0 Å². The standard InChI is InChI=1S/C13H23N3/c1-10(2)7-8-16(4)13-6-5-12(9-15-13)11(3)14/h5-6,9-11H,7-8,14H2,1-4H3/t11-/m1/s1. The van der Waals surface area contributed by atoms with Crippen molar-refractivity contribution in [2.75, 3.05) is 18.5 Å². The third-order valence-corrected chi connectivity index (χ3v) is 2.73. The maximum Gasteiger partial charge on any atom is 0.128 e. The number of nitrogens with two attached hydrogens (primary N) is 1. The van der Waals surface area contributed by atoms with Gasteiger partial charge < -0.3 is 10.6 Å². The number of nitrogens with zero attached hydrogens (tertiary/aromatic N) is 2. The van der Waals surface area contributed by atoms with Crippen molar-refractivity contribution in [2.45, 2.75) is 33.2 Å². The van der Waals surface area contributed by atoms with Crippen molar-refractivity contribution in [1.29, 1.82) is 0 Å². The van der Waals surface area contributed by atoms with Crippen LogP contribution >= 0.6 is 0 Å². The highest BCUT2D eigenvalue weighted by Crippen LogP contribution is 2.14. The Morgan fingerprint density at radius 2 is 2.00 bits per heavy atom. The van der Waals surface area contributed by atoms with Crippen molar-refractivity contribution in [1.82, 2.24) is 4.98 Å². The summed E-state index contributed by atoms with van der Waals surface area (Å²) in [6.07, 6.45) is 3.05. The molecule has 0 radical (unpaired) electrons. The summed E-state index contributed by atoms with van der Waals surface area (Å²) in [4.78, 5) is 6.61. The van der Waals surface area contributed by atoms with Gasteiger partial charge in [-0.25, -0.2) is 4.98 Å². The molecular weight excluding hydrogens is 198 g/mol. The second-order valence-corrected chi connectivity index (χ2v) is 4.84. The van der Waals surface area contributed by atoms with Crippen molar-refractivity contribution in [3.05, 3.63) is 23.9 Å². The molecular formula is C13H23N3. The van der Waals surface area contributed by atoms with E-state index >= 15 is 0 Å². The van der Waals surface area contributed by atoms with Crippen LogP contribution < -0.4 is 10.6 Å². The van der Waals surface area contributed by atoms with Crippen LogP contribution in [0.3, 0.4) is 0 Å². The van der Waals surface area contributed by atoms with E-state index in [9.17, 15) is 0 Å². The highest BCUT2D eigenvalue weighted by Gasteiger charge is 2.05. The summed E-state index contributed by atoms with van der Waals surface area (Å²) in [7, 11) is 2.08. The van der Waals surface area contributed by atoms with Crippen LogP contribution in [0.15, 0.2) is 18.3 Å². The Bertz CT molecular complexity index is 303. The first-order valence-electron chi connectivity index (χ1n) is 5.93. The minimum Gasteiger partial charge on any atom is -0.360 e. The zero-order valence-corrected chi connectivity index (χ0v) is 10.8. The molecule has 1 heterocycles. The van der Waals surface area contributed by atoms with Crippen molar-refractivity contribution in [3.8, 4) is 0 Å². The van der Waals surface area contributed by atoms with Gasteiger partial charge in [-0.2, -0.15) is 0 Å². The number of rotatable bonds is 5. The van der Waals surface area contributed by atoms with Gasteiger partial charge in [0.05, 0.1) is 0 Å². The van der Waals surface area contributed by atoms with Crippen LogP contribution in [0.5, 0.6) is 0 Å². The van der Waals surface area contributed by atoms with E-state index in [-0.39, 0.29) is 6.04 Å². The topological polar surface area (TPSA) is 42.1 Å². The average molecular weight is 221 g/mol. The Kier molecular flexibility index (Phi) is 4.74. The van der Waals surface area contributed by atoms with E-state index in [2.05, 4.69) is 36.8 Å². The molecule has 0 amide bonds. The summed E-state index contributed by atoms with van der Waals surface area (Å²) in [6, 6.07) is 4.15. The van der Waals surface area contributed by atoms with Crippen LogP contribution in [0.25, 0.3) is 0 Å². The van der Waals surface area contributed by atoms with Gasteiger partial charge in [0.25, 0.3) is 0 Å². The number of pyridine rings is 1. The van der Waals surface area contributed by atoms with Gasteiger partial charge in [-0.15, -0.1) is 0 Å². The third kappa shape index (κ3) is 3.81. The third-order valence-electron chi connectivity index (χ3n) is 2.73. The number of hydrogen-bond donors (Lipinski definition) is 1. The van der Waals surface area contributed by atoms with Crippen LogP contribution in [0.2, 0.25) is 0 Å². The van der Waals surface area contributed by atoms with Crippen LogP contribution in [0.4, 0.5) is 5.82 Å². The molecule has 0 saturated carbocycles. The Morgan fingerprint density at radius 3 is 2.44 bits per heavy atom. The molecule has 3 heteroatoms. The molecule has 0 aliphatic heterocycles. The Hall–Kier alpha value is -1.09. The highest BCUT2D eigenvalue weighted by molar-refractivity contribution is 5.38. The van der Waals surface area contributed by atoms with Crippen molar-refractivity contribution in [3.63, 3.8) is 0 Å². The summed E-state index contributed by atoms with van der Waals surface area (Å²) in [5.74, 6) is 1.75. The summed E-state index contributed by atoms with van der Waals surface area (Å²) in [6.45, 7) is 7.49. The van der Waals surface area contributed by atoms with Gasteiger partial charge in [0.1, 0.15) is 5.82 Å². The van der Waals surface area contributed by atoms with E-state index in [1.54, 1.807) is 0 Å². The van der Waals surface area contributed by atoms with Gasteiger partial charge in [-0.3, -0.25) is 0 Å². The predicted molar refractivity (Wildman–Crippen MR) is 69.6 cm³/mol. The summed E-state index contributed by atoms with van der Waals surface area (Å²) >= 11 is 0. The van der Waals surface area contributed by atoms with Gasteiger partial charge in [-0.1, -0.05) is 19.9 Å².